The number of pyridine rings is 1. The SMILES string of the molecule is CNC(=O)c1c(-c2ccc(F)cc2)oc2nc(CCC(F)(F)F)c(-c3cccc(C(=O)NC4(C#N)CC4)c3)cc12. The van der Waals surface area contributed by atoms with E-state index >= 15 is 0 Å². The van der Waals surface area contributed by atoms with Gasteiger partial charge in [0.1, 0.15) is 17.1 Å². The molecule has 0 spiro atoms. The highest BCUT2D eigenvalue weighted by Crippen LogP contribution is 2.38. The molecule has 0 unspecified atom stereocenters. The van der Waals surface area contributed by atoms with Crippen molar-refractivity contribution in [3.05, 3.63) is 77.2 Å². The Kier molecular flexibility index (Phi) is 6.79. The van der Waals surface area contributed by atoms with Gasteiger partial charge in [-0.1, -0.05) is 12.1 Å². The minimum absolute atomic E-state index is 0.0564. The molecule has 0 aliphatic heterocycles. The predicted molar refractivity (Wildman–Crippen MR) is 138 cm³/mol. The zero-order valence-corrected chi connectivity index (χ0v) is 21.2. The third kappa shape index (κ3) is 5.38. The summed E-state index contributed by atoms with van der Waals surface area (Å²) in [5, 5.41) is 14.8. The number of nitriles is 1. The highest BCUT2D eigenvalue weighted by Gasteiger charge is 2.44. The Hall–Kier alpha value is -4.72. The van der Waals surface area contributed by atoms with E-state index in [-0.39, 0.29) is 39.2 Å². The molecule has 7 nitrogen and oxygen atoms in total. The molecule has 4 aromatic rings. The Bertz CT molecular complexity index is 1670. The monoisotopic (exact) mass is 550 g/mol. The van der Waals surface area contributed by atoms with Crippen LogP contribution in [0.1, 0.15) is 45.7 Å². The fourth-order valence-electron chi connectivity index (χ4n) is 4.42. The maximum atomic E-state index is 13.6. The van der Waals surface area contributed by atoms with Crippen molar-refractivity contribution >= 4 is 22.9 Å². The fourth-order valence-corrected chi connectivity index (χ4v) is 4.42. The molecule has 2 aromatic carbocycles. The van der Waals surface area contributed by atoms with Crippen LogP contribution in [0.15, 0.2) is 59.0 Å². The van der Waals surface area contributed by atoms with Crippen LogP contribution >= 0.6 is 0 Å². The number of hydrogen-bond donors (Lipinski definition) is 2. The van der Waals surface area contributed by atoms with Gasteiger partial charge in [-0.2, -0.15) is 18.4 Å². The van der Waals surface area contributed by atoms with Crippen molar-refractivity contribution in [1.29, 1.82) is 5.26 Å². The number of alkyl halides is 3. The number of nitrogens with one attached hydrogen (secondary N) is 2. The van der Waals surface area contributed by atoms with Crippen LogP contribution < -0.4 is 10.6 Å². The predicted octanol–water partition coefficient (Wildman–Crippen LogP) is 5.94. The molecule has 0 bridgehead atoms. The Morgan fingerprint density at radius 2 is 1.80 bits per heavy atom. The molecule has 5 rings (SSSR count). The van der Waals surface area contributed by atoms with Crippen molar-refractivity contribution in [3.63, 3.8) is 0 Å². The minimum atomic E-state index is -4.46. The van der Waals surface area contributed by atoms with Crippen molar-refractivity contribution in [2.75, 3.05) is 7.05 Å². The summed E-state index contributed by atoms with van der Waals surface area (Å²) in [5.41, 5.74) is 0.449. The molecule has 2 amide bonds. The number of amides is 2. The quantitative estimate of drug-likeness (QED) is 0.277. The molecule has 0 radical (unpaired) electrons. The van der Waals surface area contributed by atoms with Crippen molar-refractivity contribution in [3.8, 4) is 28.5 Å². The topological polar surface area (TPSA) is 108 Å². The zero-order chi connectivity index (χ0) is 28.7. The summed E-state index contributed by atoms with van der Waals surface area (Å²) in [7, 11) is 1.41. The highest BCUT2D eigenvalue weighted by atomic mass is 19.4. The largest absolute Gasteiger partial charge is 0.437 e. The second-order valence-electron chi connectivity index (χ2n) is 9.57. The highest BCUT2D eigenvalue weighted by molar-refractivity contribution is 6.11. The lowest BCUT2D eigenvalue weighted by atomic mass is 9.96. The van der Waals surface area contributed by atoms with E-state index in [1.54, 1.807) is 12.1 Å². The van der Waals surface area contributed by atoms with E-state index in [2.05, 4.69) is 21.7 Å². The molecule has 1 aliphatic carbocycles. The maximum absolute atomic E-state index is 13.6. The van der Waals surface area contributed by atoms with E-state index in [0.717, 1.165) is 0 Å². The van der Waals surface area contributed by atoms with Gasteiger partial charge in [-0.15, -0.1) is 0 Å². The van der Waals surface area contributed by atoms with Gasteiger partial charge in [0.05, 0.1) is 22.7 Å². The summed E-state index contributed by atoms with van der Waals surface area (Å²) in [6.45, 7) is 0. The van der Waals surface area contributed by atoms with Gasteiger partial charge in [0.15, 0.2) is 0 Å². The van der Waals surface area contributed by atoms with Crippen LogP contribution in [0.3, 0.4) is 0 Å². The smallest absolute Gasteiger partial charge is 0.389 e. The van der Waals surface area contributed by atoms with Crippen LogP contribution in [0.4, 0.5) is 17.6 Å². The Labute approximate surface area is 225 Å². The molecule has 11 heteroatoms. The van der Waals surface area contributed by atoms with Crippen LogP contribution in [0.5, 0.6) is 0 Å². The summed E-state index contributed by atoms with van der Waals surface area (Å²) < 4.78 is 59.1. The van der Waals surface area contributed by atoms with E-state index in [9.17, 15) is 32.4 Å². The van der Waals surface area contributed by atoms with Gasteiger partial charge in [0.2, 0.25) is 5.71 Å². The van der Waals surface area contributed by atoms with E-state index in [1.165, 1.54) is 49.5 Å². The maximum Gasteiger partial charge on any atom is 0.389 e. The van der Waals surface area contributed by atoms with Crippen molar-refractivity contribution in [2.45, 2.75) is 37.4 Å². The lowest BCUT2D eigenvalue weighted by Crippen LogP contribution is -2.35. The van der Waals surface area contributed by atoms with Crippen LogP contribution in [0.2, 0.25) is 0 Å². The first-order valence-electron chi connectivity index (χ1n) is 12.4. The van der Waals surface area contributed by atoms with Crippen LogP contribution in [0.25, 0.3) is 33.6 Å². The molecule has 1 saturated carbocycles. The lowest BCUT2D eigenvalue weighted by Gasteiger charge is -2.13. The molecule has 2 aromatic heterocycles. The van der Waals surface area contributed by atoms with Gasteiger partial charge in [-0.05, 0) is 67.3 Å². The molecule has 40 heavy (non-hydrogen) atoms. The molecule has 1 aliphatic rings. The number of hydrogen-bond acceptors (Lipinski definition) is 5. The number of aryl methyl sites for hydroxylation is 1. The van der Waals surface area contributed by atoms with Crippen molar-refractivity contribution < 1.29 is 31.6 Å². The van der Waals surface area contributed by atoms with Gasteiger partial charge in [-0.25, -0.2) is 9.37 Å². The normalized spacial score (nSPS) is 14.0. The molecule has 0 saturated heterocycles. The fraction of sp³-hybridized carbons (Fsp3) is 0.241. The standard InChI is InChI=1S/C29H22F4N4O3/c1-35-26(39)23-21-14-20(17-3-2-4-18(13-17)25(38)37-28(15-34)11-12-28)22(9-10-29(31,32)33)36-27(21)40-24(23)16-5-7-19(30)8-6-16/h2-8,13-14H,9-12H2,1H3,(H,35,39)(H,37,38). The van der Waals surface area contributed by atoms with Gasteiger partial charge in [0.25, 0.3) is 11.8 Å². The number of carbonyl (C=O) groups is 2. The number of halogens is 4. The second kappa shape index (κ2) is 10.1. The Balaban J connectivity index is 1.67. The number of fused-ring (bicyclic) bond motifs is 1. The third-order valence-corrected chi connectivity index (χ3v) is 6.72. The van der Waals surface area contributed by atoms with Crippen molar-refractivity contribution in [1.82, 2.24) is 15.6 Å². The summed E-state index contributed by atoms with van der Waals surface area (Å²) in [4.78, 5) is 30.2. The Morgan fingerprint density at radius 1 is 1.07 bits per heavy atom. The average Bonchev–Trinajstić information content (AvgIpc) is 3.61. The number of furan rings is 1. The summed E-state index contributed by atoms with van der Waals surface area (Å²) >= 11 is 0. The van der Waals surface area contributed by atoms with Crippen LogP contribution in [-0.4, -0.2) is 35.6 Å². The Morgan fingerprint density at radius 3 is 2.42 bits per heavy atom. The number of benzene rings is 2. The molecule has 0 atom stereocenters. The second-order valence-corrected chi connectivity index (χ2v) is 9.57. The number of rotatable bonds is 7. The van der Waals surface area contributed by atoms with Gasteiger partial charge in [-0.3, -0.25) is 9.59 Å². The van der Waals surface area contributed by atoms with Gasteiger partial charge in [0, 0.05) is 30.2 Å². The number of carbonyl (C=O) groups excluding carboxylic acids is 2. The third-order valence-electron chi connectivity index (χ3n) is 6.72. The molecular formula is C29H22F4N4O3. The van der Waals surface area contributed by atoms with Gasteiger partial charge >= 0.3 is 6.18 Å². The first-order chi connectivity index (χ1) is 19.0. The molecule has 2 heterocycles. The van der Waals surface area contributed by atoms with Gasteiger partial charge < -0.3 is 15.1 Å². The minimum Gasteiger partial charge on any atom is -0.437 e. The molecule has 1 fully saturated rings. The number of nitrogens with zero attached hydrogens (tertiary/aromatic N) is 2. The van der Waals surface area contributed by atoms with E-state index < -0.39 is 42.2 Å². The average molecular weight is 551 g/mol. The molecule has 2 N–H and O–H groups in total. The van der Waals surface area contributed by atoms with E-state index in [1.807, 2.05) is 0 Å². The summed E-state index contributed by atoms with van der Waals surface area (Å²) in [6, 6.07) is 15.1. The first-order valence-corrected chi connectivity index (χ1v) is 12.4. The summed E-state index contributed by atoms with van der Waals surface area (Å²) in [6.07, 6.45) is -5.02. The molecule has 204 valence electrons. The van der Waals surface area contributed by atoms with Crippen LogP contribution in [0, 0.1) is 17.1 Å². The number of aromatic nitrogens is 1. The van der Waals surface area contributed by atoms with E-state index in [4.69, 9.17) is 4.42 Å². The van der Waals surface area contributed by atoms with Crippen molar-refractivity contribution in [2.24, 2.45) is 0 Å². The van der Waals surface area contributed by atoms with E-state index in [0.29, 0.717) is 24.0 Å². The van der Waals surface area contributed by atoms with Crippen LogP contribution in [-0.2, 0) is 6.42 Å². The summed E-state index contributed by atoms with van der Waals surface area (Å²) in [5.74, 6) is -1.43. The molecular weight excluding hydrogens is 528 g/mol. The zero-order valence-electron chi connectivity index (χ0n) is 21.2. The lowest BCUT2D eigenvalue weighted by molar-refractivity contribution is -0.134. The first kappa shape index (κ1) is 26.9.